The highest BCUT2D eigenvalue weighted by atomic mass is 19.1. The van der Waals surface area contributed by atoms with E-state index >= 15 is 0 Å². The van der Waals surface area contributed by atoms with Crippen LogP contribution in [0.1, 0.15) is 51.1 Å². The number of carbonyl (C=O) groups is 2. The van der Waals surface area contributed by atoms with Crippen LogP contribution in [0.25, 0.3) is 10.9 Å². The van der Waals surface area contributed by atoms with Crippen molar-refractivity contribution < 1.29 is 23.5 Å². The molecule has 0 radical (unpaired) electrons. The summed E-state index contributed by atoms with van der Waals surface area (Å²) in [7, 11) is 0. The maximum Gasteiger partial charge on any atom is 0.407 e. The zero-order valence-electron chi connectivity index (χ0n) is 15.8. The average Bonchev–Trinajstić information content (AvgIpc) is 2.89. The first-order valence-electron chi connectivity index (χ1n) is 8.57. The standard InChI is InChI=1S/C19H25FN2O4/c1-6-25-17(23)16-10-13-9-14(20)7-8-15(13)22(16)12(2)11-21-18(24)26-19(3,4)5/h7-10,12H,6,11H2,1-5H3,(H,21,24). The van der Waals surface area contributed by atoms with Crippen molar-refractivity contribution in [3.63, 3.8) is 0 Å². The topological polar surface area (TPSA) is 69.6 Å². The van der Waals surface area contributed by atoms with Gasteiger partial charge >= 0.3 is 12.1 Å². The number of rotatable bonds is 5. The largest absolute Gasteiger partial charge is 0.461 e. The monoisotopic (exact) mass is 364 g/mol. The number of amides is 1. The van der Waals surface area contributed by atoms with Crippen LogP contribution in [-0.4, -0.2) is 35.4 Å². The second-order valence-electron chi connectivity index (χ2n) is 7.06. The lowest BCUT2D eigenvalue weighted by Crippen LogP contribution is -2.35. The number of ether oxygens (including phenoxy) is 2. The van der Waals surface area contributed by atoms with E-state index in [0.717, 1.165) is 0 Å². The van der Waals surface area contributed by atoms with Gasteiger partial charge in [-0.2, -0.15) is 0 Å². The Bertz CT molecular complexity index is 808. The molecular weight excluding hydrogens is 339 g/mol. The van der Waals surface area contributed by atoms with Gasteiger partial charge in [-0.25, -0.2) is 14.0 Å². The summed E-state index contributed by atoms with van der Waals surface area (Å²) in [4.78, 5) is 24.2. The van der Waals surface area contributed by atoms with E-state index in [-0.39, 0.29) is 25.0 Å². The summed E-state index contributed by atoms with van der Waals surface area (Å²) < 4.78 is 25.6. The Morgan fingerprint density at radius 3 is 2.58 bits per heavy atom. The van der Waals surface area contributed by atoms with E-state index in [0.29, 0.717) is 16.6 Å². The van der Waals surface area contributed by atoms with Crippen molar-refractivity contribution in [1.82, 2.24) is 9.88 Å². The summed E-state index contributed by atoms with van der Waals surface area (Å²) in [6.07, 6.45) is -0.537. The Kier molecular flexibility index (Phi) is 5.90. The fraction of sp³-hybridized carbons (Fsp3) is 0.474. The highest BCUT2D eigenvalue weighted by Gasteiger charge is 2.22. The zero-order chi connectivity index (χ0) is 19.5. The Hall–Kier alpha value is -2.57. The second-order valence-corrected chi connectivity index (χ2v) is 7.06. The molecule has 0 saturated heterocycles. The number of nitrogens with one attached hydrogen (secondary N) is 1. The summed E-state index contributed by atoms with van der Waals surface area (Å²) >= 11 is 0. The minimum atomic E-state index is -0.596. The van der Waals surface area contributed by atoms with E-state index in [4.69, 9.17) is 9.47 Å². The molecule has 1 unspecified atom stereocenters. The van der Waals surface area contributed by atoms with Gasteiger partial charge in [0.05, 0.1) is 6.61 Å². The molecule has 0 aliphatic carbocycles. The summed E-state index contributed by atoms with van der Waals surface area (Å²) in [6.45, 7) is 9.39. The van der Waals surface area contributed by atoms with Gasteiger partial charge in [-0.3, -0.25) is 0 Å². The molecule has 7 heteroatoms. The number of hydrogen-bond donors (Lipinski definition) is 1. The van der Waals surface area contributed by atoms with Crippen LogP contribution in [0.15, 0.2) is 24.3 Å². The third-order valence-corrected chi connectivity index (χ3v) is 3.67. The molecule has 2 rings (SSSR count). The highest BCUT2D eigenvalue weighted by Crippen LogP contribution is 2.25. The van der Waals surface area contributed by atoms with Crippen molar-refractivity contribution in [2.24, 2.45) is 0 Å². The first-order chi connectivity index (χ1) is 12.1. The number of alkyl carbamates (subject to hydrolysis) is 1. The van der Waals surface area contributed by atoms with Gasteiger partial charge in [-0.15, -0.1) is 0 Å². The number of hydrogen-bond acceptors (Lipinski definition) is 4. The van der Waals surface area contributed by atoms with Gasteiger partial charge in [0.2, 0.25) is 0 Å². The Balaban J connectivity index is 2.29. The van der Waals surface area contributed by atoms with E-state index in [9.17, 15) is 14.0 Å². The predicted molar refractivity (Wildman–Crippen MR) is 96.8 cm³/mol. The number of fused-ring (bicyclic) bond motifs is 1. The number of aromatic nitrogens is 1. The maximum absolute atomic E-state index is 13.5. The lowest BCUT2D eigenvalue weighted by Gasteiger charge is -2.22. The molecule has 1 atom stereocenters. The van der Waals surface area contributed by atoms with Crippen LogP contribution in [-0.2, 0) is 9.47 Å². The van der Waals surface area contributed by atoms with Gasteiger partial charge in [-0.05, 0) is 58.9 Å². The van der Waals surface area contributed by atoms with Crippen LogP contribution in [0.2, 0.25) is 0 Å². The molecule has 0 spiro atoms. The van der Waals surface area contributed by atoms with Crippen molar-refractivity contribution in [2.45, 2.75) is 46.3 Å². The molecule has 0 bridgehead atoms. The molecule has 6 nitrogen and oxygen atoms in total. The van der Waals surface area contributed by atoms with Crippen LogP contribution in [0.4, 0.5) is 9.18 Å². The van der Waals surface area contributed by atoms with E-state index < -0.39 is 17.7 Å². The molecule has 1 amide bonds. The number of benzene rings is 1. The molecular formula is C19H25FN2O4. The molecule has 142 valence electrons. The van der Waals surface area contributed by atoms with E-state index in [1.807, 2.05) is 6.92 Å². The summed E-state index contributed by atoms with van der Waals surface area (Å²) in [5.41, 5.74) is 0.403. The minimum absolute atomic E-state index is 0.235. The van der Waals surface area contributed by atoms with Gasteiger partial charge in [-0.1, -0.05) is 0 Å². The van der Waals surface area contributed by atoms with Crippen molar-refractivity contribution in [3.8, 4) is 0 Å². The Morgan fingerprint density at radius 2 is 1.96 bits per heavy atom. The van der Waals surface area contributed by atoms with E-state index in [1.54, 1.807) is 44.4 Å². The minimum Gasteiger partial charge on any atom is -0.461 e. The first-order valence-corrected chi connectivity index (χ1v) is 8.57. The van der Waals surface area contributed by atoms with Crippen molar-refractivity contribution >= 4 is 23.0 Å². The van der Waals surface area contributed by atoms with Crippen molar-refractivity contribution in [1.29, 1.82) is 0 Å². The Labute approximate surface area is 152 Å². The molecule has 0 aliphatic rings. The number of halogens is 1. The third-order valence-electron chi connectivity index (χ3n) is 3.67. The second kappa shape index (κ2) is 7.76. The zero-order valence-corrected chi connectivity index (χ0v) is 15.8. The fourth-order valence-electron chi connectivity index (χ4n) is 2.68. The molecule has 1 heterocycles. The number of carbonyl (C=O) groups excluding carboxylic acids is 2. The number of esters is 1. The van der Waals surface area contributed by atoms with Crippen LogP contribution >= 0.6 is 0 Å². The summed E-state index contributed by atoms with van der Waals surface area (Å²) in [5.74, 6) is -0.877. The maximum atomic E-state index is 13.5. The molecule has 0 fully saturated rings. The van der Waals surface area contributed by atoms with E-state index in [1.165, 1.54) is 12.1 Å². The van der Waals surface area contributed by atoms with Crippen LogP contribution < -0.4 is 5.32 Å². The summed E-state index contributed by atoms with van der Waals surface area (Å²) in [6, 6.07) is 5.63. The molecule has 1 N–H and O–H groups in total. The molecule has 26 heavy (non-hydrogen) atoms. The molecule has 2 aromatic rings. The third kappa shape index (κ3) is 4.74. The van der Waals surface area contributed by atoms with Gasteiger partial charge in [0.15, 0.2) is 0 Å². The molecule has 0 aliphatic heterocycles. The van der Waals surface area contributed by atoms with Gasteiger partial charge in [0, 0.05) is 23.5 Å². The van der Waals surface area contributed by atoms with Gasteiger partial charge < -0.3 is 19.4 Å². The van der Waals surface area contributed by atoms with Gasteiger partial charge in [0.25, 0.3) is 0 Å². The van der Waals surface area contributed by atoms with Crippen molar-refractivity contribution in [2.75, 3.05) is 13.2 Å². The quantitative estimate of drug-likeness (QED) is 0.813. The normalized spacial score (nSPS) is 12.7. The fourth-order valence-corrected chi connectivity index (χ4v) is 2.68. The summed E-state index contributed by atoms with van der Waals surface area (Å²) in [5, 5.41) is 3.29. The number of nitrogens with zero attached hydrogens (tertiary/aromatic N) is 1. The highest BCUT2D eigenvalue weighted by molar-refractivity contribution is 5.95. The van der Waals surface area contributed by atoms with Crippen LogP contribution in [0.3, 0.4) is 0 Å². The van der Waals surface area contributed by atoms with Crippen LogP contribution in [0, 0.1) is 5.82 Å². The van der Waals surface area contributed by atoms with Crippen LogP contribution in [0.5, 0.6) is 0 Å². The predicted octanol–water partition coefficient (Wildman–Crippen LogP) is 4.04. The van der Waals surface area contributed by atoms with Crippen molar-refractivity contribution in [3.05, 3.63) is 35.8 Å². The molecule has 1 aromatic carbocycles. The first kappa shape index (κ1) is 19.8. The lowest BCUT2D eigenvalue weighted by molar-refractivity contribution is 0.0512. The molecule has 1 aromatic heterocycles. The van der Waals surface area contributed by atoms with E-state index in [2.05, 4.69) is 5.32 Å². The van der Waals surface area contributed by atoms with Gasteiger partial charge in [0.1, 0.15) is 17.1 Å². The smallest absolute Gasteiger partial charge is 0.407 e. The molecule has 0 saturated carbocycles. The lowest BCUT2D eigenvalue weighted by atomic mass is 10.2. The Morgan fingerprint density at radius 1 is 1.27 bits per heavy atom. The SMILES string of the molecule is CCOC(=O)c1cc2cc(F)ccc2n1C(C)CNC(=O)OC(C)(C)C. The average molecular weight is 364 g/mol.